The van der Waals surface area contributed by atoms with Crippen LogP contribution in [-0.4, -0.2) is 32.8 Å². The van der Waals surface area contributed by atoms with Gasteiger partial charge in [0.15, 0.2) is 0 Å². The minimum Gasteiger partial charge on any atom is -0.480 e. The van der Waals surface area contributed by atoms with Gasteiger partial charge in [-0.2, -0.15) is 5.10 Å². The van der Waals surface area contributed by atoms with Crippen molar-refractivity contribution in [3.8, 4) is 0 Å². The van der Waals surface area contributed by atoms with Crippen LogP contribution in [0.15, 0.2) is 16.9 Å². The minimum atomic E-state index is -1.08. The zero-order valence-corrected chi connectivity index (χ0v) is 10.9. The molecule has 0 fully saturated rings. The van der Waals surface area contributed by atoms with E-state index in [0.29, 0.717) is 12.8 Å². The molecule has 0 saturated carbocycles. The number of rotatable bonds is 6. The van der Waals surface area contributed by atoms with Crippen LogP contribution < -0.4 is 10.9 Å². The van der Waals surface area contributed by atoms with Gasteiger partial charge in [-0.15, -0.1) is 0 Å². The number of hydrogen-bond donors (Lipinski definition) is 2. The van der Waals surface area contributed by atoms with E-state index in [9.17, 15) is 14.4 Å². The van der Waals surface area contributed by atoms with Gasteiger partial charge in [-0.25, -0.2) is 9.48 Å². The van der Waals surface area contributed by atoms with Crippen LogP contribution in [0.5, 0.6) is 0 Å². The number of unbranched alkanes of at least 4 members (excludes halogenated alkanes) is 1. The number of aliphatic carboxylic acids is 1. The molecule has 0 unspecified atom stereocenters. The van der Waals surface area contributed by atoms with E-state index in [-0.39, 0.29) is 11.3 Å². The zero-order chi connectivity index (χ0) is 14.4. The number of carboxylic acid groups (broad SMARTS) is 1. The highest BCUT2D eigenvalue weighted by molar-refractivity contribution is 5.94. The lowest BCUT2D eigenvalue weighted by atomic mass is 10.1. The van der Waals surface area contributed by atoms with Gasteiger partial charge in [-0.1, -0.05) is 19.8 Å². The first-order chi connectivity index (χ1) is 8.95. The summed E-state index contributed by atoms with van der Waals surface area (Å²) < 4.78 is 1.02. The summed E-state index contributed by atoms with van der Waals surface area (Å²) in [6, 6.07) is 1.55. The number of carbonyl (C=O) groups excluding carboxylic acids is 1. The Labute approximate surface area is 110 Å². The van der Waals surface area contributed by atoms with Gasteiger partial charge in [0.1, 0.15) is 11.7 Å². The lowest BCUT2D eigenvalue weighted by molar-refractivity contribution is -0.139. The van der Waals surface area contributed by atoms with Gasteiger partial charge in [-0.05, 0) is 12.5 Å². The molecule has 19 heavy (non-hydrogen) atoms. The van der Waals surface area contributed by atoms with Crippen molar-refractivity contribution in [1.82, 2.24) is 15.1 Å². The molecule has 0 radical (unpaired) electrons. The second-order valence-corrected chi connectivity index (χ2v) is 4.19. The molecule has 1 rings (SSSR count). The van der Waals surface area contributed by atoms with E-state index in [1.54, 1.807) is 0 Å². The van der Waals surface area contributed by atoms with E-state index in [0.717, 1.165) is 11.1 Å². The van der Waals surface area contributed by atoms with Crippen molar-refractivity contribution in [2.24, 2.45) is 7.05 Å². The van der Waals surface area contributed by atoms with Crippen LogP contribution in [0.1, 0.15) is 36.7 Å². The molecule has 1 heterocycles. The number of nitrogens with one attached hydrogen (secondary N) is 1. The topological polar surface area (TPSA) is 101 Å². The second kappa shape index (κ2) is 6.67. The number of aromatic nitrogens is 2. The van der Waals surface area contributed by atoms with Crippen molar-refractivity contribution < 1.29 is 14.7 Å². The molecule has 0 aliphatic heterocycles. The quantitative estimate of drug-likeness (QED) is 0.764. The summed E-state index contributed by atoms with van der Waals surface area (Å²) in [7, 11) is 1.42. The number of amides is 1. The monoisotopic (exact) mass is 267 g/mol. The van der Waals surface area contributed by atoms with Crippen molar-refractivity contribution in [3.63, 3.8) is 0 Å². The molecule has 0 aliphatic rings. The molecule has 0 aromatic carbocycles. The molecule has 1 aromatic heterocycles. The molecule has 0 spiro atoms. The Balaban J connectivity index is 2.78. The van der Waals surface area contributed by atoms with Gasteiger partial charge in [-0.3, -0.25) is 9.59 Å². The summed E-state index contributed by atoms with van der Waals surface area (Å²) in [5.41, 5.74) is -0.317. The maximum absolute atomic E-state index is 11.8. The van der Waals surface area contributed by atoms with Crippen LogP contribution in [0.3, 0.4) is 0 Å². The standard InChI is InChI=1S/C12H17N3O4/c1-3-4-5-9(12(18)19)13-11(17)8-6-7-10(16)15(2)14-8/h6-7,9H,3-5H2,1-2H3,(H,13,17)(H,18,19)/t9-/m0/s1. The van der Waals surface area contributed by atoms with Crippen molar-refractivity contribution in [2.75, 3.05) is 0 Å². The summed E-state index contributed by atoms with van der Waals surface area (Å²) in [6.07, 6.45) is 1.92. The Morgan fingerprint density at radius 1 is 1.47 bits per heavy atom. The summed E-state index contributed by atoms with van der Waals surface area (Å²) in [5.74, 6) is -1.68. The predicted octanol–water partition coefficient (Wildman–Crippen LogP) is 0.153. The fourth-order valence-corrected chi connectivity index (χ4v) is 1.52. The van der Waals surface area contributed by atoms with Gasteiger partial charge in [0, 0.05) is 13.1 Å². The van der Waals surface area contributed by atoms with Crippen LogP contribution in [0.4, 0.5) is 0 Å². The van der Waals surface area contributed by atoms with Crippen LogP contribution in [0, 0.1) is 0 Å². The third-order valence-corrected chi connectivity index (χ3v) is 2.64. The maximum atomic E-state index is 11.8. The largest absolute Gasteiger partial charge is 0.480 e. The fourth-order valence-electron chi connectivity index (χ4n) is 1.52. The highest BCUT2D eigenvalue weighted by Crippen LogP contribution is 2.02. The molecule has 104 valence electrons. The van der Waals surface area contributed by atoms with Crippen molar-refractivity contribution in [2.45, 2.75) is 32.2 Å². The van der Waals surface area contributed by atoms with Gasteiger partial charge in [0.2, 0.25) is 0 Å². The summed E-state index contributed by atoms with van der Waals surface area (Å²) >= 11 is 0. The van der Waals surface area contributed by atoms with E-state index >= 15 is 0 Å². The number of nitrogens with zero attached hydrogens (tertiary/aromatic N) is 2. The van der Waals surface area contributed by atoms with Crippen molar-refractivity contribution >= 4 is 11.9 Å². The predicted molar refractivity (Wildman–Crippen MR) is 67.9 cm³/mol. The summed E-state index contributed by atoms with van der Waals surface area (Å²) in [5, 5.41) is 15.2. The van der Waals surface area contributed by atoms with Crippen molar-refractivity contribution in [1.29, 1.82) is 0 Å². The molecule has 0 bridgehead atoms. The van der Waals surface area contributed by atoms with Gasteiger partial charge < -0.3 is 10.4 Å². The van der Waals surface area contributed by atoms with Gasteiger partial charge in [0.25, 0.3) is 11.5 Å². The Hall–Kier alpha value is -2.18. The fraction of sp³-hybridized carbons (Fsp3) is 0.500. The van der Waals surface area contributed by atoms with Crippen LogP contribution >= 0.6 is 0 Å². The summed E-state index contributed by atoms with van der Waals surface area (Å²) in [6.45, 7) is 1.94. The Morgan fingerprint density at radius 2 is 2.16 bits per heavy atom. The number of aryl methyl sites for hydroxylation is 1. The zero-order valence-electron chi connectivity index (χ0n) is 10.9. The third-order valence-electron chi connectivity index (χ3n) is 2.64. The molecule has 0 saturated heterocycles. The van der Waals surface area contributed by atoms with E-state index in [1.807, 2.05) is 6.92 Å². The molecular formula is C12H17N3O4. The number of carboxylic acids is 1. The van der Waals surface area contributed by atoms with Crippen LogP contribution in [0.2, 0.25) is 0 Å². The highest BCUT2D eigenvalue weighted by atomic mass is 16.4. The minimum absolute atomic E-state index is 0.0184. The average molecular weight is 267 g/mol. The van der Waals surface area contributed by atoms with Crippen LogP contribution in [0.25, 0.3) is 0 Å². The first-order valence-electron chi connectivity index (χ1n) is 6.03. The lowest BCUT2D eigenvalue weighted by Crippen LogP contribution is -2.41. The van der Waals surface area contributed by atoms with E-state index < -0.39 is 17.9 Å². The van der Waals surface area contributed by atoms with Gasteiger partial charge >= 0.3 is 5.97 Å². The van der Waals surface area contributed by atoms with Crippen molar-refractivity contribution in [3.05, 3.63) is 28.2 Å². The molecule has 1 aromatic rings. The van der Waals surface area contributed by atoms with E-state index in [2.05, 4.69) is 10.4 Å². The molecular weight excluding hydrogens is 250 g/mol. The number of carbonyl (C=O) groups is 2. The summed E-state index contributed by atoms with van der Waals surface area (Å²) in [4.78, 5) is 34.0. The Bertz CT molecular complexity index is 524. The smallest absolute Gasteiger partial charge is 0.326 e. The third kappa shape index (κ3) is 4.20. The number of hydrogen-bond acceptors (Lipinski definition) is 4. The molecule has 7 nitrogen and oxygen atoms in total. The Morgan fingerprint density at radius 3 is 2.68 bits per heavy atom. The van der Waals surface area contributed by atoms with Crippen LogP contribution in [-0.2, 0) is 11.8 Å². The Kier molecular flexibility index (Phi) is 5.23. The first kappa shape index (κ1) is 14.9. The highest BCUT2D eigenvalue weighted by Gasteiger charge is 2.20. The first-order valence-corrected chi connectivity index (χ1v) is 6.03. The molecule has 1 amide bonds. The maximum Gasteiger partial charge on any atom is 0.326 e. The molecule has 0 aliphatic carbocycles. The average Bonchev–Trinajstić information content (AvgIpc) is 2.37. The molecule has 2 N–H and O–H groups in total. The molecule has 1 atom stereocenters. The second-order valence-electron chi connectivity index (χ2n) is 4.19. The molecule has 7 heteroatoms. The normalized spacial score (nSPS) is 11.9. The van der Waals surface area contributed by atoms with E-state index in [1.165, 1.54) is 19.2 Å². The SMILES string of the molecule is CCCC[C@H](NC(=O)c1ccc(=O)n(C)n1)C(=O)O. The van der Waals surface area contributed by atoms with E-state index in [4.69, 9.17) is 5.11 Å². The lowest BCUT2D eigenvalue weighted by Gasteiger charge is -2.13. The van der Waals surface area contributed by atoms with Gasteiger partial charge in [0.05, 0.1) is 0 Å².